The van der Waals surface area contributed by atoms with Crippen molar-refractivity contribution in [3.8, 4) is 11.1 Å². The number of amides is 1. The van der Waals surface area contributed by atoms with Crippen LogP contribution in [0.2, 0.25) is 0 Å². The van der Waals surface area contributed by atoms with Crippen LogP contribution in [0.3, 0.4) is 0 Å². The number of hydrogen-bond acceptors (Lipinski definition) is 3. The molecule has 0 aliphatic heterocycles. The van der Waals surface area contributed by atoms with Gasteiger partial charge in [0.05, 0.1) is 5.69 Å². The van der Waals surface area contributed by atoms with E-state index in [9.17, 15) is 9.18 Å². The van der Waals surface area contributed by atoms with Crippen molar-refractivity contribution < 1.29 is 14.0 Å². The van der Waals surface area contributed by atoms with Gasteiger partial charge in [0.15, 0.2) is 0 Å². The van der Waals surface area contributed by atoms with E-state index in [1.165, 1.54) is 12.1 Å². The van der Waals surface area contributed by atoms with E-state index in [1.54, 1.807) is 19.1 Å². The topological polar surface area (TPSA) is 50.7 Å². The van der Waals surface area contributed by atoms with Crippen molar-refractivity contribution in [2.24, 2.45) is 5.16 Å². The van der Waals surface area contributed by atoms with Gasteiger partial charge in [-0.15, -0.1) is 0 Å². The van der Waals surface area contributed by atoms with Crippen LogP contribution in [0.4, 0.5) is 10.1 Å². The van der Waals surface area contributed by atoms with Gasteiger partial charge in [0.25, 0.3) is 5.91 Å². The fourth-order valence-electron chi connectivity index (χ4n) is 3.07. The summed E-state index contributed by atoms with van der Waals surface area (Å²) in [4.78, 5) is 17.8. The van der Waals surface area contributed by atoms with Crippen molar-refractivity contribution in [1.82, 2.24) is 0 Å². The second-order valence-electron chi connectivity index (χ2n) is 6.25. The molecule has 0 fully saturated rings. The molecule has 4 nitrogen and oxygen atoms in total. The summed E-state index contributed by atoms with van der Waals surface area (Å²) in [6, 6.07) is 21.8. The lowest BCUT2D eigenvalue weighted by molar-refractivity contribution is -0.126. The zero-order chi connectivity index (χ0) is 18.8. The molecule has 1 unspecified atom stereocenters. The first-order valence-corrected chi connectivity index (χ1v) is 8.63. The lowest BCUT2D eigenvalue weighted by atomic mass is 10.1. The van der Waals surface area contributed by atoms with E-state index in [1.807, 2.05) is 48.5 Å². The zero-order valence-corrected chi connectivity index (χ0v) is 14.6. The second-order valence-corrected chi connectivity index (χ2v) is 6.25. The standard InChI is InChI=1S/C22H17FN2O2/c1-14(22(26)24-20-13-7-6-12-19(20)23)27-25-21-17-10-4-2-8-15(17)16-9-3-5-11-18(16)21/h2-14H,1H3,(H,24,26). The van der Waals surface area contributed by atoms with Crippen LogP contribution in [0.5, 0.6) is 0 Å². The number of para-hydroxylation sites is 1. The molecule has 0 heterocycles. The molecule has 0 saturated heterocycles. The predicted molar refractivity (Wildman–Crippen MR) is 103 cm³/mol. The van der Waals surface area contributed by atoms with Crippen LogP contribution >= 0.6 is 0 Å². The van der Waals surface area contributed by atoms with Crippen LogP contribution in [-0.4, -0.2) is 17.7 Å². The maximum absolute atomic E-state index is 13.7. The highest BCUT2D eigenvalue weighted by molar-refractivity contribution is 6.24. The molecule has 4 rings (SSSR count). The highest BCUT2D eigenvalue weighted by atomic mass is 19.1. The Hall–Kier alpha value is -3.47. The average molecular weight is 360 g/mol. The maximum Gasteiger partial charge on any atom is 0.268 e. The number of hydrogen-bond donors (Lipinski definition) is 1. The summed E-state index contributed by atoms with van der Waals surface area (Å²) in [5, 5.41) is 6.77. The Morgan fingerprint density at radius 3 is 2.00 bits per heavy atom. The van der Waals surface area contributed by atoms with Crippen LogP contribution in [0.25, 0.3) is 11.1 Å². The van der Waals surface area contributed by atoms with E-state index < -0.39 is 17.8 Å². The third kappa shape index (κ3) is 3.19. The molecular weight excluding hydrogens is 343 g/mol. The van der Waals surface area contributed by atoms with Crippen LogP contribution in [-0.2, 0) is 9.63 Å². The first-order valence-electron chi connectivity index (χ1n) is 8.63. The summed E-state index contributed by atoms with van der Waals surface area (Å²) >= 11 is 0. The van der Waals surface area contributed by atoms with E-state index in [2.05, 4.69) is 10.5 Å². The summed E-state index contributed by atoms with van der Waals surface area (Å²) in [5.41, 5.74) is 4.88. The quantitative estimate of drug-likeness (QED) is 0.541. The van der Waals surface area contributed by atoms with Gasteiger partial charge in [0.2, 0.25) is 6.10 Å². The minimum absolute atomic E-state index is 0.113. The highest BCUT2D eigenvalue weighted by Crippen LogP contribution is 2.36. The number of anilines is 1. The highest BCUT2D eigenvalue weighted by Gasteiger charge is 2.25. The Balaban J connectivity index is 1.56. The normalized spacial score (nSPS) is 12.7. The summed E-state index contributed by atoms with van der Waals surface area (Å²) < 4.78 is 13.7. The lowest BCUT2D eigenvalue weighted by Crippen LogP contribution is -2.27. The third-order valence-corrected chi connectivity index (χ3v) is 4.46. The molecule has 1 atom stereocenters. The number of nitrogens with zero attached hydrogens (tertiary/aromatic N) is 1. The number of benzene rings is 3. The van der Waals surface area contributed by atoms with Gasteiger partial charge in [0.1, 0.15) is 11.5 Å². The zero-order valence-electron chi connectivity index (χ0n) is 14.6. The molecule has 27 heavy (non-hydrogen) atoms. The Morgan fingerprint density at radius 1 is 0.889 bits per heavy atom. The van der Waals surface area contributed by atoms with Crippen LogP contribution < -0.4 is 5.32 Å². The van der Waals surface area contributed by atoms with Gasteiger partial charge in [-0.25, -0.2) is 4.39 Å². The Labute approximate surface area is 156 Å². The molecule has 134 valence electrons. The molecule has 0 bridgehead atoms. The van der Waals surface area contributed by atoms with Crippen molar-refractivity contribution in [2.45, 2.75) is 13.0 Å². The Bertz CT molecular complexity index is 998. The fourth-order valence-corrected chi connectivity index (χ4v) is 3.07. The molecule has 0 spiro atoms. The van der Waals surface area contributed by atoms with Gasteiger partial charge in [-0.2, -0.15) is 0 Å². The molecule has 3 aromatic carbocycles. The van der Waals surface area contributed by atoms with E-state index in [0.29, 0.717) is 5.71 Å². The van der Waals surface area contributed by atoms with Crippen LogP contribution in [0.1, 0.15) is 18.1 Å². The lowest BCUT2D eigenvalue weighted by Gasteiger charge is -2.12. The molecule has 0 aromatic heterocycles. The second kappa shape index (κ2) is 7.03. The third-order valence-electron chi connectivity index (χ3n) is 4.46. The van der Waals surface area contributed by atoms with Crippen molar-refractivity contribution in [2.75, 3.05) is 5.32 Å². The number of rotatable bonds is 4. The summed E-state index contributed by atoms with van der Waals surface area (Å²) in [6.45, 7) is 1.58. The molecule has 1 N–H and O–H groups in total. The van der Waals surface area contributed by atoms with Gasteiger partial charge in [0, 0.05) is 11.1 Å². The van der Waals surface area contributed by atoms with E-state index in [-0.39, 0.29) is 5.69 Å². The van der Waals surface area contributed by atoms with Gasteiger partial charge >= 0.3 is 0 Å². The fraction of sp³-hybridized carbons (Fsp3) is 0.0909. The van der Waals surface area contributed by atoms with Gasteiger partial charge in [-0.1, -0.05) is 65.8 Å². The van der Waals surface area contributed by atoms with Gasteiger partial charge in [-0.05, 0) is 30.2 Å². The van der Waals surface area contributed by atoms with Gasteiger partial charge in [-0.3, -0.25) is 4.79 Å². The number of fused-ring (bicyclic) bond motifs is 3. The number of nitrogens with one attached hydrogen (secondary N) is 1. The van der Waals surface area contributed by atoms with Crippen molar-refractivity contribution in [3.05, 3.63) is 89.7 Å². The van der Waals surface area contributed by atoms with Crippen molar-refractivity contribution in [1.29, 1.82) is 0 Å². The van der Waals surface area contributed by atoms with Gasteiger partial charge < -0.3 is 10.2 Å². The number of halogens is 1. The van der Waals surface area contributed by atoms with E-state index >= 15 is 0 Å². The van der Waals surface area contributed by atoms with E-state index in [0.717, 1.165) is 22.3 Å². The smallest absolute Gasteiger partial charge is 0.268 e. The molecule has 1 aliphatic rings. The monoisotopic (exact) mass is 360 g/mol. The molecular formula is C22H17FN2O2. The molecule has 1 amide bonds. The summed E-state index contributed by atoms with van der Waals surface area (Å²) in [6.07, 6.45) is -0.878. The number of oxime groups is 1. The maximum atomic E-state index is 13.7. The van der Waals surface area contributed by atoms with Crippen molar-refractivity contribution >= 4 is 17.3 Å². The Kier molecular flexibility index (Phi) is 4.42. The molecule has 1 aliphatic carbocycles. The van der Waals surface area contributed by atoms with Crippen LogP contribution in [0, 0.1) is 5.82 Å². The average Bonchev–Trinajstić information content (AvgIpc) is 3.02. The number of carbonyl (C=O) groups excluding carboxylic acids is 1. The predicted octanol–water partition coefficient (Wildman–Crippen LogP) is 4.60. The van der Waals surface area contributed by atoms with Crippen LogP contribution in [0.15, 0.2) is 78.0 Å². The first kappa shape index (κ1) is 17.0. The molecule has 0 saturated carbocycles. The SMILES string of the molecule is CC(ON=C1c2ccccc2-c2ccccc21)C(=O)Nc1ccccc1F. The van der Waals surface area contributed by atoms with Crippen molar-refractivity contribution in [3.63, 3.8) is 0 Å². The molecule has 0 radical (unpaired) electrons. The molecule has 5 heteroatoms. The largest absolute Gasteiger partial charge is 0.382 e. The summed E-state index contributed by atoms with van der Waals surface area (Å²) in [5.74, 6) is -0.966. The number of carbonyl (C=O) groups is 1. The minimum Gasteiger partial charge on any atom is -0.382 e. The first-order chi connectivity index (χ1) is 13.1. The minimum atomic E-state index is -0.878. The van der Waals surface area contributed by atoms with E-state index in [4.69, 9.17) is 4.84 Å². The molecule has 3 aromatic rings. The Morgan fingerprint density at radius 2 is 1.41 bits per heavy atom. The summed E-state index contributed by atoms with van der Waals surface area (Å²) in [7, 11) is 0.